The molecule has 1 heterocycles. The van der Waals surface area contributed by atoms with Crippen LogP contribution < -0.4 is 5.73 Å². The van der Waals surface area contributed by atoms with Gasteiger partial charge < -0.3 is 5.73 Å². The van der Waals surface area contributed by atoms with E-state index < -0.39 is 0 Å². The highest BCUT2D eigenvalue weighted by Crippen LogP contribution is 2.15. The van der Waals surface area contributed by atoms with E-state index >= 15 is 0 Å². The van der Waals surface area contributed by atoms with Gasteiger partial charge in [-0.25, -0.2) is 9.97 Å². The van der Waals surface area contributed by atoms with Crippen molar-refractivity contribution in [3.8, 4) is 0 Å². The number of nitrogens with zero attached hydrogens (tertiary/aromatic N) is 2. The van der Waals surface area contributed by atoms with Crippen LogP contribution in [0, 0.1) is 6.92 Å². The Kier molecular flexibility index (Phi) is 3.25. The minimum absolute atomic E-state index is 0.454. The van der Waals surface area contributed by atoms with E-state index in [1.165, 1.54) is 6.20 Å². The van der Waals surface area contributed by atoms with E-state index in [1.807, 2.05) is 13.8 Å². The molecular weight excluding hydrogens is 186 g/mol. The molecule has 70 valence electrons. The van der Waals surface area contributed by atoms with Gasteiger partial charge in [0.1, 0.15) is 5.15 Å². The van der Waals surface area contributed by atoms with Crippen molar-refractivity contribution >= 4 is 17.2 Å². The normalized spacial score (nSPS) is 11.8. The third kappa shape index (κ3) is 2.42. The van der Waals surface area contributed by atoms with Crippen molar-refractivity contribution in [1.29, 1.82) is 0 Å². The zero-order chi connectivity index (χ0) is 9.84. The first-order valence-electron chi connectivity index (χ1n) is 4.09. The van der Waals surface area contributed by atoms with Gasteiger partial charge in [0.05, 0.1) is 0 Å². The predicted molar refractivity (Wildman–Crippen MR) is 54.2 cm³/mol. The van der Waals surface area contributed by atoms with E-state index in [-0.39, 0.29) is 0 Å². The first-order chi connectivity index (χ1) is 6.17. The third-order valence-electron chi connectivity index (χ3n) is 1.69. The summed E-state index contributed by atoms with van der Waals surface area (Å²) in [6.45, 7) is 3.87. The molecule has 0 aliphatic heterocycles. The lowest BCUT2D eigenvalue weighted by Crippen LogP contribution is -1.98. The summed E-state index contributed by atoms with van der Waals surface area (Å²) in [6.07, 6.45) is 2.32. The van der Waals surface area contributed by atoms with Crippen LogP contribution in [0.3, 0.4) is 0 Å². The van der Waals surface area contributed by atoms with Gasteiger partial charge in [0.2, 0.25) is 0 Å². The number of aryl methyl sites for hydroxylation is 1. The summed E-state index contributed by atoms with van der Waals surface area (Å²) in [5.74, 6) is 0.620. The molecule has 0 aliphatic rings. The van der Waals surface area contributed by atoms with E-state index in [0.29, 0.717) is 11.0 Å². The molecule has 13 heavy (non-hydrogen) atoms. The number of halogens is 1. The van der Waals surface area contributed by atoms with Gasteiger partial charge in [-0.3, -0.25) is 0 Å². The summed E-state index contributed by atoms with van der Waals surface area (Å²) in [5.41, 5.74) is 7.19. The molecule has 1 aromatic heterocycles. The van der Waals surface area contributed by atoms with Crippen LogP contribution in [0.5, 0.6) is 0 Å². The molecule has 4 heteroatoms. The van der Waals surface area contributed by atoms with Gasteiger partial charge in [0, 0.05) is 17.5 Å². The highest BCUT2D eigenvalue weighted by Gasteiger charge is 2.04. The number of nitrogens with two attached hydrogens (primary N) is 1. The fourth-order valence-corrected chi connectivity index (χ4v) is 1.26. The van der Waals surface area contributed by atoms with Gasteiger partial charge in [-0.2, -0.15) is 0 Å². The van der Waals surface area contributed by atoms with E-state index in [4.69, 9.17) is 17.3 Å². The van der Waals surface area contributed by atoms with Gasteiger partial charge in [-0.05, 0) is 19.4 Å². The second-order valence-electron chi connectivity index (χ2n) is 2.70. The third-order valence-corrected chi connectivity index (χ3v) is 1.89. The number of rotatable bonds is 2. The highest BCUT2D eigenvalue weighted by atomic mass is 35.5. The Morgan fingerprint density at radius 1 is 1.62 bits per heavy atom. The monoisotopic (exact) mass is 197 g/mol. The SMILES string of the molecule is CC/C(=C/N)c1nc(C)cc(Cl)n1. The average Bonchev–Trinajstić information content (AvgIpc) is 2.04. The molecule has 0 saturated carbocycles. The summed E-state index contributed by atoms with van der Waals surface area (Å²) in [6, 6.07) is 1.72. The Morgan fingerprint density at radius 2 is 2.31 bits per heavy atom. The molecule has 1 rings (SSSR count). The lowest BCUT2D eigenvalue weighted by molar-refractivity contribution is 1.03. The first-order valence-corrected chi connectivity index (χ1v) is 4.47. The van der Waals surface area contributed by atoms with E-state index in [2.05, 4.69) is 9.97 Å². The molecule has 0 fully saturated rings. The molecule has 0 atom stereocenters. The van der Waals surface area contributed by atoms with Crippen molar-refractivity contribution in [2.75, 3.05) is 0 Å². The maximum Gasteiger partial charge on any atom is 0.158 e. The van der Waals surface area contributed by atoms with Gasteiger partial charge in [-0.1, -0.05) is 18.5 Å². The van der Waals surface area contributed by atoms with E-state index in [1.54, 1.807) is 6.07 Å². The second-order valence-corrected chi connectivity index (χ2v) is 3.09. The summed E-state index contributed by atoms with van der Waals surface area (Å²) in [4.78, 5) is 8.31. The van der Waals surface area contributed by atoms with Gasteiger partial charge in [-0.15, -0.1) is 0 Å². The average molecular weight is 198 g/mol. The Bertz CT molecular complexity index is 313. The van der Waals surface area contributed by atoms with Crippen LogP contribution in [-0.4, -0.2) is 9.97 Å². The number of aromatic nitrogens is 2. The van der Waals surface area contributed by atoms with Crippen molar-refractivity contribution < 1.29 is 0 Å². The van der Waals surface area contributed by atoms with Crippen molar-refractivity contribution in [3.05, 3.63) is 28.9 Å². The Labute approximate surface area is 82.6 Å². The quantitative estimate of drug-likeness (QED) is 0.740. The molecule has 0 saturated heterocycles. The van der Waals surface area contributed by atoms with Gasteiger partial charge in [0.25, 0.3) is 0 Å². The molecule has 0 bridgehead atoms. The smallest absolute Gasteiger partial charge is 0.158 e. The minimum atomic E-state index is 0.454. The fraction of sp³-hybridized carbons (Fsp3) is 0.333. The van der Waals surface area contributed by atoms with Crippen LogP contribution in [0.1, 0.15) is 24.9 Å². The minimum Gasteiger partial charge on any atom is -0.404 e. The largest absolute Gasteiger partial charge is 0.404 e. The van der Waals surface area contributed by atoms with Crippen molar-refractivity contribution in [2.24, 2.45) is 5.73 Å². The van der Waals surface area contributed by atoms with Crippen LogP contribution in [-0.2, 0) is 0 Å². The molecule has 0 aromatic carbocycles. The molecule has 0 spiro atoms. The molecular formula is C9H12ClN3. The van der Waals surface area contributed by atoms with E-state index in [0.717, 1.165) is 17.7 Å². The topological polar surface area (TPSA) is 51.8 Å². The van der Waals surface area contributed by atoms with Crippen LogP contribution in [0.15, 0.2) is 12.3 Å². The zero-order valence-corrected chi connectivity index (χ0v) is 8.47. The van der Waals surface area contributed by atoms with Crippen LogP contribution in [0.4, 0.5) is 0 Å². The second kappa shape index (κ2) is 4.23. The predicted octanol–water partition coefficient (Wildman–Crippen LogP) is 2.15. The van der Waals surface area contributed by atoms with E-state index in [9.17, 15) is 0 Å². The van der Waals surface area contributed by atoms with Crippen molar-refractivity contribution in [1.82, 2.24) is 9.97 Å². The molecule has 2 N–H and O–H groups in total. The summed E-state index contributed by atoms with van der Waals surface area (Å²) in [7, 11) is 0. The maximum absolute atomic E-state index is 5.79. The first kappa shape index (κ1) is 9.99. The number of hydrogen-bond donors (Lipinski definition) is 1. The molecule has 0 radical (unpaired) electrons. The molecule has 3 nitrogen and oxygen atoms in total. The summed E-state index contributed by atoms with van der Waals surface area (Å²) >= 11 is 5.79. The Morgan fingerprint density at radius 3 is 2.77 bits per heavy atom. The highest BCUT2D eigenvalue weighted by molar-refractivity contribution is 6.29. The number of allylic oxidation sites excluding steroid dienone is 1. The zero-order valence-electron chi connectivity index (χ0n) is 7.71. The molecule has 0 amide bonds. The van der Waals surface area contributed by atoms with Crippen molar-refractivity contribution in [3.63, 3.8) is 0 Å². The van der Waals surface area contributed by atoms with Gasteiger partial charge in [0.15, 0.2) is 5.82 Å². The molecule has 0 unspecified atom stereocenters. The lowest BCUT2D eigenvalue weighted by atomic mass is 10.2. The lowest BCUT2D eigenvalue weighted by Gasteiger charge is -2.03. The summed E-state index contributed by atoms with van der Waals surface area (Å²) in [5, 5.41) is 0.454. The maximum atomic E-state index is 5.79. The van der Waals surface area contributed by atoms with Crippen LogP contribution in [0.25, 0.3) is 5.57 Å². The van der Waals surface area contributed by atoms with Gasteiger partial charge >= 0.3 is 0 Å². The summed E-state index contributed by atoms with van der Waals surface area (Å²) < 4.78 is 0. The fourth-order valence-electron chi connectivity index (χ4n) is 1.02. The van der Waals surface area contributed by atoms with Crippen molar-refractivity contribution in [2.45, 2.75) is 20.3 Å². The van der Waals surface area contributed by atoms with Crippen LogP contribution in [0.2, 0.25) is 5.15 Å². The number of hydrogen-bond acceptors (Lipinski definition) is 3. The standard InChI is InChI=1S/C9H12ClN3/c1-3-7(5-11)9-12-6(2)4-8(10)13-9/h4-5H,3,11H2,1-2H3/b7-5-. The molecule has 1 aromatic rings. The Hall–Kier alpha value is -1.09. The molecule has 0 aliphatic carbocycles. The van der Waals surface area contributed by atoms with Crippen LogP contribution >= 0.6 is 11.6 Å². The Balaban J connectivity index is 3.14.